The molecule has 1 unspecified atom stereocenters. The van der Waals surface area contributed by atoms with E-state index in [1.54, 1.807) is 13.8 Å². The number of hydrogen-bond acceptors (Lipinski definition) is 7. The number of esters is 1. The quantitative estimate of drug-likeness (QED) is 0.534. The smallest absolute Gasteiger partial charge is 0.326 e. The molecule has 1 amide bonds. The van der Waals surface area contributed by atoms with Crippen molar-refractivity contribution in [2.75, 3.05) is 26.4 Å². The van der Waals surface area contributed by atoms with Gasteiger partial charge >= 0.3 is 11.9 Å². The SMILES string of the molecule is CCOC(=O)[C@H](CCc1ccccc1)NC(C)C(=O)N1CCC2(C[C@H]1C(=O)O)OCCCO2. The predicted molar refractivity (Wildman–Crippen MR) is 119 cm³/mol. The van der Waals surface area contributed by atoms with Gasteiger partial charge in [0.15, 0.2) is 5.79 Å². The first-order chi connectivity index (χ1) is 15.8. The van der Waals surface area contributed by atoms with Crippen LogP contribution in [0, 0.1) is 0 Å². The lowest BCUT2D eigenvalue weighted by Crippen LogP contribution is -2.61. The van der Waals surface area contributed by atoms with Crippen LogP contribution in [0.15, 0.2) is 30.3 Å². The fraction of sp³-hybridized carbons (Fsp3) is 0.625. The van der Waals surface area contributed by atoms with Crippen LogP contribution in [-0.4, -0.2) is 78.1 Å². The minimum atomic E-state index is -1.10. The molecule has 2 aliphatic heterocycles. The molecule has 1 aromatic carbocycles. The number of benzene rings is 1. The van der Waals surface area contributed by atoms with Crippen LogP contribution in [0.1, 0.15) is 45.1 Å². The summed E-state index contributed by atoms with van der Waals surface area (Å²) in [6, 6.07) is 7.25. The van der Waals surface area contributed by atoms with Crippen molar-refractivity contribution in [1.29, 1.82) is 0 Å². The summed E-state index contributed by atoms with van der Waals surface area (Å²) in [6.07, 6.45) is 2.34. The molecule has 9 nitrogen and oxygen atoms in total. The molecule has 1 aromatic rings. The fourth-order valence-electron chi connectivity index (χ4n) is 4.41. The number of likely N-dealkylation sites (tertiary alicyclic amines) is 1. The summed E-state index contributed by atoms with van der Waals surface area (Å²) in [6.45, 7) is 4.85. The summed E-state index contributed by atoms with van der Waals surface area (Å²) in [4.78, 5) is 39.1. The summed E-state index contributed by atoms with van der Waals surface area (Å²) in [7, 11) is 0. The van der Waals surface area contributed by atoms with Crippen molar-refractivity contribution in [2.45, 2.75) is 69.9 Å². The minimum Gasteiger partial charge on any atom is -0.480 e. The maximum atomic E-state index is 13.2. The first-order valence-electron chi connectivity index (χ1n) is 11.6. The molecule has 0 aliphatic carbocycles. The molecule has 3 rings (SSSR count). The Balaban J connectivity index is 1.66. The summed E-state index contributed by atoms with van der Waals surface area (Å²) < 4.78 is 16.7. The number of nitrogens with zero attached hydrogens (tertiary/aromatic N) is 1. The number of aliphatic carboxylic acids is 1. The summed E-state index contributed by atoms with van der Waals surface area (Å²) in [5, 5.41) is 12.9. The van der Waals surface area contributed by atoms with Crippen molar-refractivity contribution >= 4 is 17.8 Å². The van der Waals surface area contributed by atoms with Gasteiger partial charge in [-0.15, -0.1) is 0 Å². The van der Waals surface area contributed by atoms with Gasteiger partial charge in [-0.25, -0.2) is 4.79 Å². The lowest BCUT2D eigenvalue weighted by molar-refractivity contribution is -0.288. The summed E-state index contributed by atoms with van der Waals surface area (Å²) in [5.41, 5.74) is 1.08. The normalized spacial score (nSPS) is 21.9. The molecule has 0 bridgehead atoms. The Bertz CT molecular complexity index is 810. The molecule has 9 heteroatoms. The van der Waals surface area contributed by atoms with E-state index in [1.807, 2.05) is 30.3 Å². The van der Waals surface area contributed by atoms with Crippen molar-refractivity contribution in [3.05, 3.63) is 35.9 Å². The second kappa shape index (κ2) is 11.6. The molecule has 182 valence electrons. The highest BCUT2D eigenvalue weighted by molar-refractivity contribution is 5.88. The highest BCUT2D eigenvalue weighted by atomic mass is 16.7. The lowest BCUT2D eigenvalue weighted by Gasteiger charge is -2.46. The second-order valence-electron chi connectivity index (χ2n) is 8.52. The maximum Gasteiger partial charge on any atom is 0.326 e. The number of carbonyl (C=O) groups is 3. The number of piperidine rings is 1. The molecule has 0 aromatic heterocycles. The molecule has 2 fully saturated rings. The van der Waals surface area contributed by atoms with Crippen molar-refractivity contribution in [3.63, 3.8) is 0 Å². The summed E-state index contributed by atoms with van der Waals surface area (Å²) in [5.74, 6) is -2.84. The first-order valence-corrected chi connectivity index (χ1v) is 11.6. The van der Waals surface area contributed by atoms with Gasteiger partial charge < -0.3 is 24.2 Å². The molecule has 2 saturated heterocycles. The fourth-order valence-corrected chi connectivity index (χ4v) is 4.41. The summed E-state index contributed by atoms with van der Waals surface area (Å²) >= 11 is 0. The van der Waals surface area contributed by atoms with Crippen LogP contribution in [0.3, 0.4) is 0 Å². The van der Waals surface area contributed by atoms with Gasteiger partial charge in [0.1, 0.15) is 12.1 Å². The van der Waals surface area contributed by atoms with Gasteiger partial charge in [-0.05, 0) is 38.7 Å². The number of hydrogen-bond donors (Lipinski definition) is 2. The second-order valence-corrected chi connectivity index (χ2v) is 8.52. The van der Waals surface area contributed by atoms with E-state index in [0.29, 0.717) is 32.5 Å². The van der Waals surface area contributed by atoms with Gasteiger partial charge in [0.2, 0.25) is 5.91 Å². The van der Waals surface area contributed by atoms with Crippen LogP contribution in [0.5, 0.6) is 0 Å². The minimum absolute atomic E-state index is 0.0795. The number of ether oxygens (including phenoxy) is 3. The molecule has 33 heavy (non-hydrogen) atoms. The highest BCUT2D eigenvalue weighted by Crippen LogP contribution is 2.34. The lowest BCUT2D eigenvalue weighted by atomic mass is 9.94. The maximum absolute atomic E-state index is 13.2. The van der Waals surface area contributed by atoms with E-state index in [9.17, 15) is 19.5 Å². The van der Waals surface area contributed by atoms with Gasteiger partial charge in [-0.1, -0.05) is 30.3 Å². The zero-order valence-corrected chi connectivity index (χ0v) is 19.3. The van der Waals surface area contributed by atoms with Crippen LogP contribution in [0.25, 0.3) is 0 Å². The highest BCUT2D eigenvalue weighted by Gasteiger charge is 2.48. The number of aryl methyl sites for hydroxylation is 1. The molecule has 0 radical (unpaired) electrons. The zero-order chi connectivity index (χ0) is 23.8. The molecule has 2 N–H and O–H groups in total. The third-order valence-electron chi connectivity index (χ3n) is 6.16. The molecular weight excluding hydrogens is 428 g/mol. The average molecular weight is 463 g/mol. The Hall–Kier alpha value is -2.49. The van der Waals surface area contributed by atoms with Crippen LogP contribution in [0.4, 0.5) is 0 Å². The zero-order valence-electron chi connectivity index (χ0n) is 19.3. The molecule has 3 atom stereocenters. The first kappa shape index (κ1) is 25.1. The van der Waals surface area contributed by atoms with E-state index in [1.165, 1.54) is 4.90 Å². The Kier molecular flexibility index (Phi) is 8.82. The van der Waals surface area contributed by atoms with E-state index < -0.39 is 35.9 Å². The van der Waals surface area contributed by atoms with E-state index in [-0.39, 0.29) is 25.5 Å². The van der Waals surface area contributed by atoms with Crippen molar-refractivity contribution in [3.8, 4) is 0 Å². The molecule has 1 spiro atoms. The molecular formula is C24H34N2O7. The Labute approximate surface area is 194 Å². The largest absolute Gasteiger partial charge is 0.480 e. The number of amides is 1. The number of rotatable bonds is 9. The Morgan fingerprint density at radius 1 is 1.24 bits per heavy atom. The van der Waals surface area contributed by atoms with Crippen LogP contribution >= 0.6 is 0 Å². The number of carboxylic acid groups (broad SMARTS) is 1. The van der Waals surface area contributed by atoms with Gasteiger partial charge in [0.05, 0.1) is 25.9 Å². The third kappa shape index (κ3) is 6.52. The van der Waals surface area contributed by atoms with Crippen LogP contribution in [-0.2, 0) is 35.0 Å². The third-order valence-corrected chi connectivity index (χ3v) is 6.16. The molecule has 2 heterocycles. The van der Waals surface area contributed by atoms with Crippen molar-refractivity contribution < 1.29 is 33.7 Å². The van der Waals surface area contributed by atoms with Crippen molar-refractivity contribution in [1.82, 2.24) is 10.2 Å². The average Bonchev–Trinajstić information content (AvgIpc) is 2.82. The van der Waals surface area contributed by atoms with Crippen LogP contribution in [0.2, 0.25) is 0 Å². The number of nitrogens with one attached hydrogen (secondary N) is 1. The molecule has 2 aliphatic rings. The monoisotopic (exact) mass is 462 g/mol. The Morgan fingerprint density at radius 2 is 1.94 bits per heavy atom. The van der Waals surface area contributed by atoms with Gasteiger partial charge in [0, 0.05) is 19.4 Å². The van der Waals surface area contributed by atoms with Gasteiger partial charge in [-0.2, -0.15) is 0 Å². The van der Waals surface area contributed by atoms with E-state index in [0.717, 1.165) is 12.0 Å². The number of carbonyl (C=O) groups excluding carboxylic acids is 2. The predicted octanol–water partition coefficient (Wildman–Crippen LogP) is 1.74. The molecule has 0 saturated carbocycles. The van der Waals surface area contributed by atoms with E-state index >= 15 is 0 Å². The van der Waals surface area contributed by atoms with Crippen molar-refractivity contribution in [2.24, 2.45) is 0 Å². The topological polar surface area (TPSA) is 114 Å². The van der Waals surface area contributed by atoms with Gasteiger partial charge in [0.25, 0.3) is 0 Å². The van der Waals surface area contributed by atoms with E-state index in [4.69, 9.17) is 14.2 Å². The van der Waals surface area contributed by atoms with Gasteiger partial charge in [-0.3, -0.25) is 14.9 Å². The van der Waals surface area contributed by atoms with E-state index in [2.05, 4.69) is 5.32 Å². The standard InChI is InChI=1S/C24H34N2O7/c1-3-31-23(30)19(11-10-18-8-5-4-6-9-18)25-17(2)21(27)26-13-12-24(16-20(26)22(28)29)32-14-7-15-33-24/h4-6,8-9,17,19-20,25H,3,7,10-16H2,1-2H3,(H,28,29)/t17?,19-,20-/m0/s1. The number of carboxylic acids is 1. The van der Waals surface area contributed by atoms with Crippen LogP contribution < -0.4 is 5.32 Å². The Morgan fingerprint density at radius 3 is 2.58 bits per heavy atom.